The second-order valence-corrected chi connectivity index (χ2v) is 5.18. The fourth-order valence-electron chi connectivity index (χ4n) is 1.75. The van der Waals surface area contributed by atoms with Gasteiger partial charge in [0.25, 0.3) is 0 Å². The van der Waals surface area contributed by atoms with Crippen LogP contribution in [0, 0.1) is 0 Å². The van der Waals surface area contributed by atoms with E-state index in [4.69, 9.17) is 0 Å². The number of thiophene rings is 1. The van der Waals surface area contributed by atoms with Gasteiger partial charge in [-0.25, -0.2) is 9.97 Å². The summed E-state index contributed by atoms with van der Waals surface area (Å²) in [7, 11) is 0. The molecule has 0 bridgehead atoms. The number of hydrogen-bond donors (Lipinski definition) is 2. The highest BCUT2D eigenvalue weighted by atomic mass is 32.1. The van der Waals surface area contributed by atoms with Crippen LogP contribution in [0.5, 0.6) is 0 Å². The molecule has 0 aromatic carbocycles. The van der Waals surface area contributed by atoms with Crippen LogP contribution in [-0.2, 0) is 6.42 Å². The van der Waals surface area contributed by atoms with Crippen LogP contribution < -0.4 is 10.6 Å². The standard InChI is InChI=1S/C13H18N4S/c1-3-14-12-8-13(16-9-15-12)17-10(2)7-11-5-4-6-18-11/h4-6,8-10H,3,7H2,1-2H3,(H2,14,15,16,17). The third-order valence-corrected chi connectivity index (χ3v) is 3.41. The summed E-state index contributed by atoms with van der Waals surface area (Å²) >= 11 is 1.79. The molecule has 18 heavy (non-hydrogen) atoms. The monoisotopic (exact) mass is 262 g/mol. The SMILES string of the molecule is CCNc1cc(NC(C)Cc2cccs2)ncn1. The Morgan fingerprint density at radius 3 is 2.89 bits per heavy atom. The van der Waals surface area contributed by atoms with Gasteiger partial charge < -0.3 is 10.6 Å². The third-order valence-electron chi connectivity index (χ3n) is 2.51. The van der Waals surface area contributed by atoms with Gasteiger partial charge in [-0.05, 0) is 25.3 Å². The Hall–Kier alpha value is -1.62. The van der Waals surface area contributed by atoms with Crippen molar-refractivity contribution in [1.82, 2.24) is 9.97 Å². The van der Waals surface area contributed by atoms with Gasteiger partial charge in [0.1, 0.15) is 18.0 Å². The van der Waals surface area contributed by atoms with Gasteiger partial charge in [0, 0.05) is 30.0 Å². The Balaban J connectivity index is 1.93. The molecule has 0 amide bonds. The molecule has 2 N–H and O–H groups in total. The van der Waals surface area contributed by atoms with Crippen molar-refractivity contribution >= 4 is 23.0 Å². The van der Waals surface area contributed by atoms with Gasteiger partial charge in [-0.1, -0.05) is 6.07 Å². The first kappa shape index (κ1) is 12.8. The van der Waals surface area contributed by atoms with Crippen molar-refractivity contribution < 1.29 is 0 Å². The number of rotatable bonds is 6. The fourth-order valence-corrected chi connectivity index (χ4v) is 2.58. The molecule has 2 heterocycles. The molecule has 0 saturated heterocycles. The van der Waals surface area contributed by atoms with E-state index in [9.17, 15) is 0 Å². The zero-order valence-electron chi connectivity index (χ0n) is 10.7. The van der Waals surface area contributed by atoms with E-state index in [2.05, 4.69) is 52.0 Å². The summed E-state index contributed by atoms with van der Waals surface area (Å²) < 4.78 is 0. The van der Waals surface area contributed by atoms with Crippen LogP contribution in [0.3, 0.4) is 0 Å². The van der Waals surface area contributed by atoms with Crippen molar-refractivity contribution in [2.45, 2.75) is 26.3 Å². The second-order valence-electron chi connectivity index (χ2n) is 4.15. The van der Waals surface area contributed by atoms with E-state index in [1.165, 1.54) is 4.88 Å². The zero-order chi connectivity index (χ0) is 12.8. The molecular formula is C13H18N4S. The first-order chi connectivity index (χ1) is 8.78. The van der Waals surface area contributed by atoms with E-state index in [-0.39, 0.29) is 0 Å². The minimum Gasteiger partial charge on any atom is -0.370 e. The number of aromatic nitrogens is 2. The summed E-state index contributed by atoms with van der Waals surface area (Å²) in [6.07, 6.45) is 2.59. The molecule has 96 valence electrons. The molecule has 0 fully saturated rings. The lowest BCUT2D eigenvalue weighted by atomic mass is 10.2. The molecule has 0 aliphatic heterocycles. The van der Waals surface area contributed by atoms with Gasteiger partial charge in [-0.3, -0.25) is 0 Å². The lowest BCUT2D eigenvalue weighted by Crippen LogP contribution is -2.18. The molecule has 5 heteroatoms. The first-order valence-corrected chi connectivity index (χ1v) is 7.00. The lowest BCUT2D eigenvalue weighted by molar-refractivity contribution is 0.793. The second kappa shape index (κ2) is 6.35. The maximum Gasteiger partial charge on any atom is 0.131 e. The van der Waals surface area contributed by atoms with Gasteiger partial charge in [0.15, 0.2) is 0 Å². The predicted molar refractivity (Wildman–Crippen MR) is 77.3 cm³/mol. The summed E-state index contributed by atoms with van der Waals surface area (Å²) in [6.45, 7) is 5.07. The zero-order valence-corrected chi connectivity index (χ0v) is 11.5. The van der Waals surface area contributed by atoms with E-state index in [1.54, 1.807) is 17.7 Å². The molecule has 0 aliphatic carbocycles. The van der Waals surface area contributed by atoms with E-state index in [0.29, 0.717) is 6.04 Å². The minimum atomic E-state index is 0.355. The topological polar surface area (TPSA) is 49.8 Å². The largest absolute Gasteiger partial charge is 0.370 e. The van der Waals surface area contributed by atoms with Crippen molar-refractivity contribution in [1.29, 1.82) is 0 Å². The van der Waals surface area contributed by atoms with Crippen LogP contribution in [0.4, 0.5) is 11.6 Å². The summed E-state index contributed by atoms with van der Waals surface area (Å²) in [6, 6.07) is 6.54. The highest BCUT2D eigenvalue weighted by molar-refractivity contribution is 7.09. The molecule has 1 atom stereocenters. The number of anilines is 2. The minimum absolute atomic E-state index is 0.355. The van der Waals surface area contributed by atoms with E-state index >= 15 is 0 Å². The van der Waals surface area contributed by atoms with Gasteiger partial charge >= 0.3 is 0 Å². The predicted octanol–water partition coefficient (Wildman–Crippen LogP) is 3.01. The Bertz CT molecular complexity index is 470. The van der Waals surface area contributed by atoms with Crippen molar-refractivity contribution in [3.05, 3.63) is 34.8 Å². The van der Waals surface area contributed by atoms with Crippen LogP contribution in [0.2, 0.25) is 0 Å². The Labute approximate surface area is 111 Å². The lowest BCUT2D eigenvalue weighted by Gasteiger charge is -2.14. The van der Waals surface area contributed by atoms with Crippen LogP contribution in [-0.4, -0.2) is 22.6 Å². The van der Waals surface area contributed by atoms with E-state index in [0.717, 1.165) is 24.6 Å². The highest BCUT2D eigenvalue weighted by Crippen LogP contribution is 2.14. The summed E-state index contributed by atoms with van der Waals surface area (Å²) in [5.74, 6) is 1.73. The average molecular weight is 262 g/mol. The Morgan fingerprint density at radius 1 is 1.33 bits per heavy atom. The van der Waals surface area contributed by atoms with E-state index in [1.807, 2.05) is 6.07 Å². The molecule has 0 spiro atoms. The van der Waals surface area contributed by atoms with Crippen molar-refractivity contribution in [2.75, 3.05) is 17.2 Å². The molecule has 0 aliphatic rings. The van der Waals surface area contributed by atoms with Crippen LogP contribution >= 0.6 is 11.3 Å². The highest BCUT2D eigenvalue weighted by Gasteiger charge is 2.05. The maximum absolute atomic E-state index is 4.23. The van der Waals surface area contributed by atoms with Crippen LogP contribution in [0.1, 0.15) is 18.7 Å². The average Bonchev–Trinajstić information content (AvgIpc) is 2.82. The Kier molecular flexibility index (Phi) is 4.52. The molecule has 0 saturated carbocycles. The van der Waals surface area contributed by atoms with Gasteiger partial charge in [-0.2, -0.15) is 0 Å². The van der Waals surface area contributed by atoms with Crippen molar-refractivity contribution in [2.24, 2.45) is 0 Å². The summed E-state index contributed by atoms with van der Waals surface area (Å²) in [5.41, 5.74) is 0. The van der Waals surface area contributed by atoms with Gasteiger partial charge in [0.2, 0.25) is 0 Å². The molecule has 4 nitrogen and oxygen atoms in total. The first-order valence-electron chi connectivity index (χ1n) is 6.12. The van der Waals surface area contributed by atoms with Gasteiger partial charge in [0.05, 0.1) is 0 Å². The molecular weight excluding hydrogens is 244 g/mol. The maximum atomic E-state index is 4.23. The number of nitrogens with zero attached hydrogens (tertiary/aromatic N) is 2. The summed E-state index contributed by atoms with van der Waals surface area (Å²) in [5, 5.41) is 8.68. The smallest absolute Gasteiger partial charge is 0.131 e. The molecule has 2 aromatic heterocycles. The number of hydrogen-bond acceptors (Lipinski definition) is 5. The Morgan fingerprint density at radius 2 is 2.17 bits per heavy atom. The number of nitrogens with one attached hydrogen (secondary N) is 2. The normalized spacial score (nSPS) is 12.1. The van der Waals surface area contributed by atoms with Crippen LogP contribution in [0.15, 0.2) is 29.9 Å². The van der Waals surface area contributed by atoms with Crippen molar-refractivity contribution in [3.63, 3.8) is 0 Å². The third kappa shape index (κ3) is 3.70. The van der Waals surface area contributed by atoms with Crippen molar-refractivity contribution in [3.8, 4) is 0 Å². The fraction of sp³-hybridized carbons (Fsp3) is 0.385. The molecule has 0 radical (unpaired) electrons. The van der Waals surface area contributed by atoms with Gasteiger partial charge in [-0.15, -0.1) is 11.3 Å². The molecule has 2 rings (SSSR count). The molecule has 1 unspecified atom stereocenters. The summed E-state index contributed by atoms with van der Waals surface area (Å²) in [4.78, 5) is 9.77. The van der Waals surface area contributed by atoms with Crippen LogP contribution in [0.25, 0.3) is 0 Å². The quantitative estimate of drug-likeness (QED) is 0.840. The molecule has 2 aromatic rings. The van der Waals surface area contributed by atoms with E-state index < -0.39 is 0 Å².